The Bertz CT molecular complexity index is 667. The van der Waals surface area contributed by atoms with Crippen LogP contribution < -0.4 is 5.48 Å². The van der Waals surface area contributed by atoms with Gasteiger partial charge in [0, 0.05) is 0 Å². The van der Waals surface area contributed by atoms with Crippen molar-refractivity contribution in [3.63, 3.8) is 0 Å². The SMILES string of the molecule is OC[C@H]1O[C@@H](n2cnc3c(NO)nc(F)nc32)[C@H](O)[C@@H]1O. The number of imidazole rings is 1. The molecule has 3 rings (SSSR count). The summed E-state index contributed by atoms with van der Waals surface area (Å²) in [4.78, 5) is 10.8. The van der Waals surface area contributed by atoms with E-state index in [2.05, 4.69) is 15.0 Å². The fraction of sp³-hybridized carbons (Fsp3) is 0.500. The van der Waals surface area contributed by atoms with Gasteiger partial charge in [0.15, 0.2) is 23.2 Å². The van der Waals surface area contributed by atoms with E-state index in [0.717, 1.165) is 0 Å². The lowest BCUT2D eigenvalue weighted by atomic mass is 10.1. The standard InChI is InChI=1S/C10H12FN5O5/c11-10-13-7(15-20)4-8(14-10)16(2-12-4)9-6(19)5(18)3(1-17)21-9/h2-3,5-6,9,17-20H,1H2,(H,13,14,15)/t3-,5-,6-,9-/m1/s1. The van der Waals surface area contributed by atoms with Crippen LogP contribution in [-0.4, -0.2) is 65.0 Å². The summed E-state index contributed by atoms with van der Waals surface area (Å²) in [6.07, 6.45) is -4.68. The molecule has 0 aliphatic carbocycles. The Morgan fingerprint density at radius 2 is 2.10 bits per heavy atom. The molecule has 21 heavy (non-hydrogen) atoms. The van der Waals surface area contributed by atoms with Crippen molar-refractivity contribution in [2.45, 2.75) is 24.5 Å². The fourth-order valence-electron chi connectivity index (χ4n) is 2.26. The van der Waals surface area contributed by atoms with Crippen molar-refractivity contribution in [3.05, 3.63) is 12.4 Å². The predicted molar refractivity (Wildman–Crippen MR) is 63.7 cm³/mol. The van der Waals surface area contributed by atoms with Crippen LogP contribution in [0.25, 0.3) is 11.2 Å². The molecule has 10 nitrogen and oxygen atoms in total. The molecule has 4 atom stereocenters. The molecule has 0 aromatic carbocycles. The Labute approximate surface area is 116 Å². The lowest BCUT2D eigenvalue weighted by Gasteiger charge is -2.16. The molecular weight excluding hydrogens is 289 g/mol. The van der Waals surface area contributed by atoms with Gasteiger partial charge in [-0.3, -0.25) is 15.3 Å². The largest absolute Gasteiger partial charge is 0.394 e. The molecular formula is C10H12FN5O5. The van der Waals surface area contributed by atoms with Gasteiger partial charge in [-0.25, -0.2) is 4.98 Å². The second kappa shape index (κ2) is 5.13. The highest BCUT2D eigenvalue weighted by Gasteiger charge is 2.44. The van der Waals surface area contributed by atoms with Gasteiger partial charge in [0.1, 0.15) is 18.3 Å². The van der Waals surface area contributed by atoms with Crippen molar-refractivity contribution in [3.8, 4) is 0 Å². The highest BCUT2D eigenvalue weighted by Crippen LogP contribution is 2.32. The molecule has 2 aromatic heterocycles. The molecule has 0 spiro atoms. The Morgan fingerprint density at radius 3 is 2.71 bits per heavy atom. The second-order valence-electron chi connectivity index (χ2n) is 4.51. The molecule has 0 bridgehead atoms. The number of aliphatic hydroxyl groups excluding tert-OH is 3. The van der Waals surface area contributed by atoms with Crippen LogP contribution in [-0.2, 0) is 4.74 Å². The van der Waals surface area contributed by atoms with Crippen LogP contribution in [0, 0.1) is 6.08 Å². The van der Waals surface area contributed by atoms with E-state index in [1.165, 1.54) is 10.9 Å². The smallest absolute Gasteiger partial charge is 0.312 e. The van der Waals surface area contributed by atoms with E-state index in [9.17, 15) is 14.6 Å². The topological polar surface area (TPSA) is 146 Å². The number of aliphatic hydroxyl groups is 3. The lowest BCUT2D eigenvalue weighted by molar-refractivity contribution is -0.0511. The van der Waals surface area contributed by atoms with E-state index in [-0.39, 0.29) is 17.0 Å². The minimum Gasteiger partial charge on any atom is -0.394 e. The summed E-state index contributed by atoms with van der Waals surface area (Å²) in [5.74, 6) is -0.247. The maximum absolute atomic E-state index is 13.3. The molecule has 1 fully saturated rings. The van der Waals surface area contributed by atoms with Crippen molar-refractivity contribution in [1.29, 1.82) is 0 Å². The molecule has 5 N–H and O–H groups in total. The van der Waals surface area contributed by atoms with Crippen molar-refractivity contribution in [2.24, 2.45) is 0 Å². The number of nitrogens with zero attached hydrogens (tertiary/aromatic N) is 4. The van der Waals surface area contributed by atoms with Crippen molar-refractivity contribution >= 4 is 17.0 Å². The van der Waals surface area contributed by atoms with Crippen molar-refractivity contribution in [2.75, 3.05) is 12.1 Å². The van der Waals surface area contributed by atoms with E-state index in [4.69, 9.17) is 15.1 Å². The summed E-state index contributed by atoms with van der Waals surface area (Å²) in [5, 5.41) is 37.6. The minimum absolute atomic E-state index is 0.0473. The summed E-state index contributed by atoms with van der Waals surface area (Å²) < 4.78 is 19.8. The molecule has 0 amide bonds. The Morgan fingerprint density at radius 1 is 1.33 bits per heavy atom. The van der Waals surface area contributed by atoms with E-state index in [0.29, 0.717) is 0 Å². The summed E-state index contributed by atoms with van der Waals surface area (Å²) in [7, 11) is 0. The third kappa shape index (κ3) is 2.11. The second-order valence-corrected chi connectivity index (χ2v) is 4.51. The van der Waals surface area contributed by atoms with E-state index in [1.54, 1.807) is 5.48 Å². The normalized spacial score (nSPS) is 29.2. The van der Waals surface area contributed by atoms with Crippen molar-refractivity contribution < 1.29 is 29.7 Å². The van der Waals surface area contributed by atoms with E-state index < -0.39 is 37.2 Å². The molecule has 11 heteroatoms. The first-order valence-electron chi connectivity index (χ1n) is 5.99. The average Bonchev–Trinajstić information content (AvgIpc) is 3.01. The zero-order valence-corrected chi connectivity index (χ0v) is 10.5. The number of ether oxygens (including phenoxy) is 1. The summed E-state index contributed by atoms with van der Waals surface area (Å²) >= 11 is 0. The Balaban J connectivity index is 2.07. The van der Waals surface area contributed by atoms with Gasteiger partial charge < -0.3 is 20.1 Å². The van der Waals surface area contributed by atoms with Crippen LogP contribution in [0.5, 0.6) is 0 Å². The number of nitrogens with one attached hydrogen (secondary N) is 1. The molecule has 114 valence electrons. The zero-order chi connectivity index (χ0) is 15.1. The fourth-order valence-corrected chi connectivity index (χ4v) is 2.26. The number of aromatic nitrogens is 4. The van der Waals surface area contributed by atoms with E-state index >= 15 is 0 Å². The van der Waals surface area contributed by atoms with Crippen LogP contribution in [0.2, 0.25) is 0 Å². The van der Waals surface area contributed by atoms with Gasteiger partial charge in [-0.1, -0.05) is 0 Å². The molecule has 0 unspecified atom stereocenters. The Hall–Kier alpha value is -1.92. The van der Waals surface area contributed by atoms with Gasteiger partial charge >= 0.3 is 6.08 Å². The van der Waals surface area contributed by atoms with E-state index in [1.807, 2.05) is 0 Å². The first-order valence-corrected chi connectivity index (χ1v) is 5.99. The first-order chi connectivity index (χ1) is 10.1. The third-order valence-electron chi connectivity index (χ3n) is 3.29. The monoisotopic (exact) mass is 301 g/mol. The van der Waals surface area contributed by atoms with Gasteiger partial charge in [0.2, 0.25) is 0 Å². The number of fused-ring (bicyclic) bond motifs is 1. The quantitative estimate of drug-likeness (QED) is 0.333. The van der Waals surface area contributed by atoms with Crippen LogP contribution in [0.1, 0.15) is 6.23 Å². The third-order valence-corrected chi connectivity index (χ3v) is 3.29. The van der Waals surface area contributed by atoms with Crippen LogP contribution >= 0.6 is 0 Å². The highest BCUT2D eigenvalue weighted by atomic mass is 19.1. The van der Waals surface area contributed by atoms with Gasteiger partial charge in [0.05, 0.1) is 12.9 Å². The van der Waals surface area contributed by atoms with Gasteiger partial charge in [-0.05, 0) is 0 Å². The maximum atomic E-state index is 13.3. The summed E-state index contributed by atoms with van der Waals surface area (Å²) in [5.41, 5.74) is 1.70. The number of anilines is 1. The minimum atomic E-state index is -1.36. The number of hydrogen-bond donors (Lipinski definition) is 5. The first kappa shape index (κ1) is 14.0. The molecule has 1 aliphatic rings. The predicted octanol–water partition coefficient (Wildman–Crippen LogP) is -1.62. The van der Waals surface area contributed by atoms with Crippen LogP contribution in [0.4, 0.5) is 10.2 Å². The lowest BCUT2D eigenvalue weighted by Crippen LogP contribution is -2.33. The highest BCUT2D eigenvalue weighted by molar-refractivity contribution is 5.82. The molecule has 1 saturated heterocycles. The maximum Gasteiger partial charge on any atom is 0.312 e. The van der Waals surface area contributed by atoms with Crippen LogP contribution in [0.3, 0.4) is 0 Å². The number of hydrogen-bond acceptors (Lipinski definition) is 9. The molecule has 2 aromatic rings. The van der Waals surface area contributed by atoms with Crippen molar-refractivity contribution in [1.82, 2.24) is 19.5 Å². The zero-order valence-electron chi connectivity index (χ0n) is 10.5. The molecule has 3 heterocycles. The molecule has 0 saturated carbocycles. The average molecular weight is 301 g/mol. The Kier molecular flexibility index (Phi) is 3.43. The van der Waals surface area contributed by atoms with Gasteiger partial charge in [0.25, 0.3) is 0 Å². The summed E-state index contributed by atoms with van der Waals surface area (Å²) in [6.45, 7) is -0.492. The van der Waals surface area contributed by atoms with Crippen LogP contribution in [0.15, 0.2) is 6.33 Å². The number of halogens is 1. The summed E-state index contributed by atoms with van der Waals surface area (Å²) in [6, 6.07) is 0. The molecule has 1 aliphatic heterocycles. The molecule has 0 radical (unpaired) electrons. The van der Waals surface area contributed by atoms with Gasteiger partial charge in [-0.15, -0.1) is 0 Å². The van der Waals surface area contributed by atoms with Gasteiger partial charge in [-0.2, -0.15) is 14.4 Å². The number of rotatable bonds is 3.